The third-order valence-corrected chi connectivity index (χ3v) is 7.81. The fourth-order valence-corrected chi connectivity index (χ4v) is 6.79. The summed E-state index contributed by atoms with van der Waals surface area (Å²) >= 11 is 3.40. The highest BCUT2D eigenvalue weighted by Gasteiger charge is 2.40. The highest BCUT2D eigenvalue weighted by atomic mass is 79.9. The molecule has 1 saturated heterocycles. The van der Waals surface area contributed by atoms with Crippen LogP contribution < -0.4 is 4.90 Å². The quantitative estimate of drug-likeness (QED) is 0.685. The van der Waals surface area contributed by atoms with Crippen LogP contribution in [-0.2, 0) is 21.2 Å². The van der Waals surface area contributed by atoms with Gasteiger partial charge in [-0.05, 0) is 43.0 Å². The lowest BCUT2D eigenvalue weighted by Gasteiger charge is -2.27. The smallest absolute Gasteiger partial charge is 0.245 e. The van der Waals surface area contributed by atoms with Gasteiger partial charge in [-0.3, -0.25) is 4.79 Å². The van der Waals surface area contributed by atoms with Gasteiger partial charge in [0, 0.05) is 30.0 Å². The van der Waals surface area contributed by atoms with Crippen LogP contribution in [0.2, 0.25) is 0 Å². The van der Waals surface area contributed by atoms with Crippen molar-refractivity contribution < 1.29 is 17.6 Å². The summed E-state index contributed by atoms with van der Waals surface area (Å²) in [6.45, 7) is 2.22. The first-order chi connectivity index (χ1) is 13.3. The maximum Gasteiger partial charge on any atom is 0.245 e. The minimum absolute atomic E-state index is 0.104. The van der Waals surface area contributed by atoms with Gasteiger partial charge in [0.05, 0.1) is 11.7 Å². The van der Waals surface area contributed by atoms with E-state index < -0.39 is 21.9 Å². The predicted molar refractivity (Wildman–Crippen MR) is 108 cm³/mol. The van der Waals surface area contributed by atoms with Gasteiger partial charge in [0.1, 0.15) is 10.7 Å². The summed E-state index contributed by atoms with van der Waals surface area (Å²) in [6, 6.07) is 9.16. The zero-order chi connectivity index (χ0) is 20.1. The van der Waals surface area contributed by atoms with Crippen molar-refractivity contribution in [2.75, 3.05) is 18.0 Å². The fourth-order valence-electron chi connectivity index (χ4n) is 4.19. The van der Waals surface area contributed by atoms with E-state index in [4.69, 9.17) is 0 Å². The van der Waals surface area contributed by atoms with E-state index in [1.165, 1.54) is 22.2 Å². The monoisotopic (exact) mass is 466 g/mol. The van der Waals surface area contributed by atoms with E-state index in [1.807, 2.05) is 6.07 Å². The first-order valence-electron chi connectivity index (χ1n) is 9.17. The number of anilines is 1. The van der Waals surface area contributed by atoms with Gasteiger partial charge < -0.3 is 4.90 Å². The lowest BCUT2D eigenvalue weighted by molar-refractivity contribution is -0.116. The van der Waals surface area contributed by atoms with Gasteiger partial charge in [-0.15, -0.1) is 0 Å². The summed E-state index contributed by atoms with van der Waals surface area (Å²) in [5.41, 5.74) is 1.67. The zero-order valence-corrected chi connectivity index (χ0v) is 17.8. The van der Waals surface area contributed by atoms with E-state index in [0.717, 1.165) is 5.56 Å². The average Bonchev–Trinajstić information content (AvgIpc) is 3.28. The SMILES string of the molecule is CC(=O)N1CCc2cc(Br)cc(S(=O)(=O)N3CCC[C@@H]3c3ccccc3F)c21. The van der Waals surface area contributed by atoms with Gasteiger partial charge in [-0.25, -0.2) is 12.8 Å². The molecular weight excluding hydrogens is 447 g/mol. The predicted octanol–water partition coefficient (Wildman–Crippen LogP) is 4.02. The average molecular weight is 467 g/mol. The molecule has 0 spiro atoms. The molecule has 148 valence electrons. The van der Waals surface area contributed by atoms with Crippen molar-refractivity contribution in [2.45, 2.75) is 37.1 Å². The maximum absolute atomic E-state index is 14.4. The normalized spacial score (nSPS) is 19.8. The van der Waals surface area contributed by atoms with Crippen LogP contribution in [0.25, 0.3) is 0 Å². The minimum atomic E-state index is -3.92. The Labute approximate surface area is 172 Å². The van der Waals surface area contributed by atoms with Crippen molar-refractivity contribution in [2.24, 2.45) is 0 Å². The number of sulfonamides is 1. The topological polar surface area (TPSA) is 57.7 Å². The fraction of sp³-hybridized carbons (Fsp3) is 0.350. The Hall–Kier alpha value is -1.77. The number of carbonyl (C=O) groups is 1. The number of amides is 1. The van der Waals surface area contributed by atoms with Crippen molar-refractivity contribution in [1.82, 2.24) is 4.31 Å². The Morgan fingerprint density at radius 3 is 2.68 bits per heavy atom. The van der Waals surface area contributed by atoms with E-state index >= 15 is 0 Å². The van der Waals surface area contributed by atoms with Crippen LogP contribution >= 0.6 is 15.9 Å². The number of nitrogens with zero attached hydrogens (tertiary/aromatic N) is 2. The van der Waals surface area contributed by atoms with Crippen LogP contribution in [0.5, 0.6) is 0 Å². The lowest BCUT2D eigenvalue weighted by atomic mass is 10.1. The second-order valence-corrected chi connectivity index (χ2v) is 9.90. The van der Waals surface area contributed by atoms with Gasteiger partial charge in [-0.2, -0.15) is 4.31 Å². The molecule has 2 aliphatic heterocycles. The summed E-state index contributed by atoms with van der Waals surface area (Å²) in [5, 5.41) is 0. The molecule has 2 heterocycles. The number of carbonyl (C=O) groups excluding carboxylic acids is 1. The first-order valence-corrected chi connectivity index (χ1v) is 11.4. The summed E-state index contributed by atoms with van der Waals surface area (Å²) < 4.78 is 43.7. The molecule has 5 nitrogen and oxygen atoms in total. The van der Waals surface area contributed by atoms with Gasteiger partial charge in [0.15, 0.2) is 0 Å². The Morgan fingerprint density at radius 1 is 1.21 bits per heavy atom. The molecular formula is C20H20BrFN2O3S. The van der Waals surface area contributed by atoms with Crippen LogP contribution in [0, 0.1) is 5.82 Å². The van der Waals surface area contributed by atoms with Crippen molar-refractivity contribution >= 4 is 37.5 Å². The molecule has 1 amide bonds. The molecule has 2 aliphatic rings. The molecule has 1 fully saturated rings. The standard InChI is InChI=1S/C20H20BrFN2O3S/c1-13(25)23-10-8-14-11-15(21)12-19(20(14)23)28(26,27)24-9-4-7-18(24)16-5-2-3-6-17(16)22/h2-3,5-6,11-12,18H,4,7-10H2,1H3/t18-/m1/s1. The lowest BCUT2D eigenvalue weighted by Crippen LogP contribution is -2.33. The summed E-state index contributed by atoms with van der Waals surface area (Å²) in [5.74, 6) is -0.593. The minimum Gasteiger partial charge on any atom is -0.311 e. The van der Waals surface area contributed by atoms with E-state index in [9.17, 15) is 17.6 Å². The van der Waals surface area contributed by atoms with Crippen LogP contribution in [0.1, 0.15) is 36.9 Å². The third kappa shape index (κ3) is 3.17. The van der Waals surface area contributed by atoms with E-state index in [-0.39, 0.29) is 10.8 Å². The second-order valence-electron chi connectivity index (χ2n) is 7.13. The summed E-state index contributed by atoms with van der Waals surface area (Å²) in [4.78, 5) is 13.7. The van der Waals surface area contributed by atoms with Crippen LogP contribution in [0.3, 0.4) is 0 Å². The van der Waals surface area contributed by atoms with Crippen LogP contribution in [0.4, 0.5) is 10.1 Å². The van der Waals surface area contributed by atoms with Gasteiger partial charge >= 0.3 is 0 Å². The van der Waals surface area contributed by atoms with Gasteiger partial charge in [0.2, 0.25) is 15.9 Å². The molecule has 2 aromatic rings. The number of rotatable bonds is 3. The van der Waals surface area contributed by atoms with Gasteiger partial charge in [0.25, 0.3) is 0 Å². The molecule has 0 saturated carbocycles. The van der Waals surface area contributed by atoms with Crippen molar-refractivity contribution in [3.8, 4) is 0 Å². The molecule has 0 unspecified atom stereocenters. The Kier molecular flexibility index (Phi) is 5.05. The molecule has 2 aromatic carbocycles. The Bertz CT molecular complexity index is 1060. The van der Waals surface area contributed by atoms with E-state index in [1.54, 1.807) is 24.3 Å². The largest absolute Gasteiger partial charge is 0.311 e. The molecule has 28 heavy (non-hydrogen) atoms. The van der Waals surface area contributed by atoms with Crippen molar-refractivity contribution in [1.29, 1.82) is 0 Å². The van der Waals surface area contributed by atoms with Crippen LogP contribution in [0.15, 0.2) is 45.8 Å². The zero-order valence-electron chi connectivity index (χ0n) is 15.4. The Morgan fingerprint density at radius 2 is 1.96 bits per heavy atom. The molecule has 0 bridgehead atoms. The number of halogens is 2. The first kappa shape index (κ1) is 19.5. The number of fused-ring (bicyclic) bond motifs is 1. The molecule has 0 radical (unpaired) electrons. The van der Waals surface area contributed by atoms with E-state index in [2.05, 4.69) is 15.9 Å². The highest BCUT2D eigenvalue weighted by molar-refractivity contribution is 9.10. The molecule has 4 rings (SSSR count). The molecule has 0 aliphatic carbocycles. The summed E-state index contributed by atoms with van der Waals surface area (Å²) in [7, 11) is -3.92. The van der Waals surface area contributed by atoms with Crippen LogP contribution in [-0.4, -0.2) is 31.7 Å². The summed E-state index contributed by atoms with van der Waals surface area (Å²) in [6.07, 6.45) is 1.82. The Balaban J connectivity index is 1.84. The highest BCUT2D eigenvalue weighted by Crippen LogP contribution is 2.43. The van der Waals surface area contributed by atoms with Crippen molar-refractivity contribution in [3.63, 3.8) is 0 Å². The molecule has 0 N–H and O–H groups in total. The van der Waals surface area contributed by atoms with Gasteiger partial charge in [-0.1, -0.05) is 34.1 Å². The molecule has 0 aromatic heterocycles. The number of hydrogen-bond donors (Lipinski definition) is 0. The number of hydrogen-bond acceptors (Lipinski definition) is 3. The van der Waals surface area contributed by atoms with E-state index in [0.29, 0.717) is 48.1 Å². The maximum atomic E-state index is 14.4. The molecule has 1 atom stereocenters. The number of benzene rings is 2. The third-order valence-electron chi connectivity index (χ3n) is 5.43. The second kappa shape index (κ2) is 7.24. The molecule has 8 heteroatoms. The van der Waals surface area contributed by atoms with Crippen molar-refractivity contribution in [3.05, 3.63) is 57.8 Å².